The zero-order valence-corrected chi connectivity index (χ0v) is 18.3. The topological polar surface area (TPSA) is 86.1 Å². The van der Waals surface area contributed by atoms with Gasteiger partial charge in [-0.3, -0.25) is 9.59 Å². The van der Waals surface area contributed by atoms with E-state index in [0.717, 1.165) is 17.1 Å². The molecular weight excluding hydrogens is 412 g/mol. The number of nitrogens with one attached hydrogen (secondary N) is 1. The highest BCUT2D eigenvalue weighted by Crippen LogP contribution is 2.21. The third-order valence-electron chi connectivity index (χ3n) is 4.51. The minimum Gasteiger partial charge on any atom is -0.497 e. The molecule has 0 aliphatic rings. The van der Waals surface area contributed by atoms with Crippen molar-refractivity contribution in [1.29, 1.82) is 0 Å². The number of amides is 1. The quantitative estimate of drug-likeness (QED) is 0.294. The van der Waals surface area contributed by atoms with Gasteiger partial charge in [-0.1, -0.05) is 42.1 Å². The molecule has 3 aromatic rings. The maximum absolute atomic E-state index is 12.4. The highest BCUT2D eigenvalue weighted by Gasteiger charge is 2.14. The minimum atomic E-state index is -0.185. The molecule has 0 saturated carbocycles. The fourth-order valence-electron chi connectivity index (χ4n) is 2.94. The number of benzene rings is 2. The van der Waals surface area contributed by atoms with Gasteiger partial charge in [0.2, 0.25) is 5.91 Å². The van der Waals surface area contributed by atoms with E-state index in [9.17, 15) is 9.59 Å². The Balaban J connectivity index is 1.65. The van der Waals surface area contributed by atoms with Crippen molar-refractivity contribution in [2.24, 2.45) is 0 Å². The molecule has 0 bridgehead atoms. The second-order valence-corrected chi connectivity index (χ2v) is 7.74. The summed E-state index contributed by atoms with van der Waals surface area (Å²) >= 11 is 1.30. The minimum absolute atomic E-state index is 0.0487. The highest BCUT2D eigenvalue weighted by molar-refractivity contribution is 7.99. The van der Waals surface area contributed by atoms with E-state index in [1.165, 1.54) is 18.7 Å². The molecule has 0 aliphatic carbocycles. The lowest BCUT2D eigenvalue weighted by Gasteiger charge is -2.09. The standard InChI is InChI=1S/C23H24N4O3S/c1-4-12-27-21(13-17-8-10-20(30-3)11-9-17)25-26-23(27)31-15-22(29)24-19-7-5-6-18(14-19)16(2)28/h4-11,14H,1,12-13,15H2,2-3H3,(H,24,29). The summed E-state index contributed by atoms with van der Waals surface area (Å²) in [5, 5.41) is 12.0. The molecule has 1 aromatic heterocycles. The maximum Gasteiger partial charge on any atom is 0.234 e. The van der Waals surface area contributed by atoms with Crippen LogP contribution in [-0.4, -0.2) is 39.3 Å². The monoisotopic (exact) mass is 436 g/mol. The van der Waals surface area contributed by atoms with Crippen molar-refractivity contribution in [1.82, 2.24) is 14.8 Å². The van der Waals surface area contributed by atoms with Crippen LogP contribution in [0.1, 0.15) is 28.7 Å². The predicted octanol–water partition coefficient (Wildman–Crippen LogP) is 4.00. The Bertz CT molecular complexity index is 1080. The molecule has 0 saturated heterocycles. The average Bonchev–Trinajstić information content (AvgIpc) is 3.14. The Labute approximate surface area is 185 Å². The molecule has 0 atom stereocenters. The lowest BCUT2D eigenvalue weighted by molar-refractivity contribution is -0.113. The average molecular weight is 437 g/mol. The number of ether oxygens (including phenoxy) is 1. The molecule has 2 aromatic carbocycles. The molecule has 0 radical (unpaired) electrons. The van der Waals surface area contributed by atoms with Gasteiger partial charge in [0.25, 0.3) is 0 Å². The van der Waals surface area contributed by atoms with Crippen LogP contribution in [0, 0.1) is 0 Å². The molecule has 0 fully saturated rings. The summed E-state index contributed by atoms with van der Waals surface area (Å²) in [7, 11) is 1.63. The zero-order valence-electron chi connectivity index (χ0n) is 17.5. The van der Waals surface area contributed by atoms with Gasteiger partial charge in [0.05, 0.1) is 12.9 Å². The summed E-state index contributed by atoms with van der Waals surface area (Å²) < 4.78 is 7.15. The van der Waals surface area contributed by atoms with Gasteiger partial charge >= 0.3 is 0 Å². The Kier molecular flexibility index (Phi) is 7.61. The van der Waals surface area contributed by atoms with E-state index in [0.29, 0.717) is 29.4 Å². The van der Waals surface area contributed by atoms with Crippen molar-refractivity contribution in [2.45, 2.75) is 25.0 Å². The van der Waals surface area contributed by atoms with E-state index in [2.05, 4.69) is 22.1 Å². The maximum atomic E-state index is 12.4. The molecule has 0 spiro atoms. The molecule has 1 N–H and O–H groups in total. The first-order valence-corrected chi connectivity index (χ1v) is 10.7. The SMILES string of the molecule is C=CCn1c(Cc2ccc(OC)cc2)nnc1SCC(=O)Nc1cccc(C(C)=O)c1. The van der Waals surface area contributed by atoms with Gasteiger partial charge in [0.15, 0.2) is 10.9 Å². The van der Waals surface area contributed by atoms with E-state index < -0.39 is 0 Å². The fraction of sp³-hybridized carbons (Fsp3) is 0.217. The molecule has 1 amide bonds. The fourth-order valence-corrected chi connectivity index (χ4v) is 3.70. The summed E-state index contributed by atoms with van der Waals surface area (Å²) in [6, 6.07) is 14.7. The van der Waals surface area contributed by atoms with Crippen LogP contribution in [-0.2, 0) is 17.8 Å². The molecule has 0 aliphatic heterocycles. The molecule has 3 rings (SSSR count). The van der Waals surface area contributed by atoms with Crippen LogP contribution in [0.3, 0.4) is 0 Å². The lowest BCUT2D eigenvalue weighted by atomic mass is 10.1. The van der Waals surface area contributed by atoms with Crippen LogP contribution in [0.4, 0.5) is 5.69 Å². The number of carbonyl (C=O) groups excluding carboxylic acids is 2. The molecule has 1 heterocycles. The second kappa shape index (κ2) is 10.6. The third kappa shape index (κ3) is 6.05. The summed E-state index contributed by atoms with van der Waals surface area (Å²) in [6.07, 6.45) is 2.38. The van der Waals surface area contributed by atoms with Gasteiger partial charge in [-0.2, -0.15) is 0 Å². The number of ketones is 1. The third-order valence-corrected chi connectivity index (χ3v) is 5.48. The van der Waals surface area contributed by atoms with Crippen LogP contribution in [0.2, 0.25) is 0 Å². The Hall–Kier alpha value is -3.39. The summed E-state index contributed by atoms with van der Waals surface area (Å²) in [5.74, 6) is 1.53. The van der Waals surface area contributed by atoms with Gasteiger partial charge < -0.3 is 14.6 Å². The molecule has 31 heavy (non-hydrogen) atoms. The Morgan fingerprint density at radius 1 is 1.19 bits per heavy atom. The van der Waals surface area contributed by atoms with Gasteiger partial charge in [-0.05, 0) is 36.8 Å². The van der Waals surface area contributed by atoms with Gasteiger partial charge in [0.1, 0.15) is 11.6 Å². The number of Topliss-reactive ketones (excluding diaryl/α,β-unsaturated/α-hetero) is 1. The Morgan fingerprint density at radius 3 is 2.65 bits per heavy atom. The van der Waals surface area contributed by atoms with Crippen molar-refractivity contribution >= 4 is 29.1 Å². The molecule has 160 valence electrons. The summed E-state index contributed by atoms with van der Waals surface area (Å²) in [6.45, 7) is 5.85. The van der Waals surface area contributed by atoms with Crippen LogP contribution < -0.4 is 10.1 Å². The molecule has 7 nitrogen and oxygen atoms in total. The van der Waals surface area contributed by atoms with E-state index in [1.807, 2.05) is 28.8 Å². The van der Waals surface area contributed by atoms with Crippen molar-refractivity contribution in [3.8, 4) is 5.75 Å². The summed E-state index contributed by atoms with van der Waals surface area (Å²) in [4.78, 5) is 23.9. The number of hydrogen-bond donors (Lipinski definition) is 1. The molecule has 8 heteroatoms. The predicted molar refractivity (Wildman–Crippen MR) is 122 cm³/mol. The first-order valence-electron chi connectivity index (χ1n) is 9.69. The lowest BCUT2D eigenvalue weighted by Crippen LogP contribution is -2.15. The number of rotatable bonds is 10. The van der Waals surface area contributed by atoms with Crippen molar-refractivity contribution < 1.29 is 14.3 Å². The van der Waals surface area contributed by atoms with Crippen LogP contribution in [0.15, 0.2) is 66.3 Å². The number of thioether (sulfide) groups is 1. The molecule has 0 unspecified atom stereocenters. The molecular formula is C23H24N4O3S. The van der Waals surface area contributed by atoms with Gasteiger partial charge in [-0.15, -0.1) is 16.8 Å². The second-order valence-electron chi connectivity index (χ2n) is 6.80. The summed E-state index contributed by atoms with van der Waals surface area (Å²) in [5.41, 5.74) is 2.23. The number of aromatic nitrogens is 3. The number of hydrogen-bond acceptors (Lipinski definition) is 6. The van der Waals surface area contributed by atoms with E-state index >= 15 is 0 Å². The van der Waals surface area contributed by atoms with Crippen molar-refractivity contribution in [2.75, 3.05) is 18.2 Å². The first-order chi connectivity index (χ1) is 15.0. The number of nitrogens with zero attached hydrogens (tertiary/aromatic N) is 3. The van der Waals surface area contributed by atoms with E-state index in [-0.39, 0.29) is 17.4 Å². The van der Waals surface area contributed by atoms with Crippen LogP contribution in [0.25, 0.3) is 0 Å². The number of carbonyl (C=O) groups is 2. The number of allylic oxidation sites excluding steroid dienone is 1. The number of methoxy groups -OCH3 is 1. The van der Waals surface area contributed by atoms with Gasteiger partial charge in [-0.25, -0.2) is 0 Å². The van der Waals surface area contributed by atoms with Crippen molar-refractivity contribution in [3.63, 3.8) is 0 Å². The smallest absolute Gasteiger partial charge is 0.234 e. The van der Waals surface area contributed by atoms with E-state index in [1.54, 1.807) is 37.5 Å². The largest absolute Gasteiger partial charge is 0.497 e. The van der Waals surface area contributed by atoms with E-state index in [4.69, 9.17) is 4.74 Å². The first kappa shape index (κ1) is 22.3. The highest BCUT2D eigenvalue weighted by atomic mass is 32.2. The normalized spacial score (nSPS) is 10.5. The van der Waals surface area contributed by atoms with Gasteiger partial charge in [0, 0.05) is 24.2 Å². The Morgan fingerprint density at radius 2 is 1.97 bits per heavy atom. The zero-order chi connectivity index (χ0) is 22.2. The van der Waals surface area contributed by atoms with Crippen LogP contribution >= 0.6 is 11.8 Å². The van der Waals surface area contributed by atoms with Crippen LogP contribution in [0.5, 0.6) is 5.75 Å². The number of anilines is 1. The van der Waals surface area contributed by atoms with Crippen molar-refractivity contribution in [3.05, 3.63) is 78.1 Å².